The molecule has 1 unspecified atom stereocenters. The molecule has 1 heterocycles. The van der Waals surface area contributed by atoms with E-state index in [9.17, 15) is 0 Å². The summed E-state index contributed by atoms with van der Waals surface area (Å²) < 4.78 is 5.29. The second-order valence-corrected chi connectivity index (χ2v) is 2.98. The van der Waals surface area contributed by atoms with Crippen LogP contribution in [0.25, 0.3) is 0 Å². The molecular weight excluding hydrogens is 152 g/mol. The monoisotopic (exact) mass is 168 g/mol. The number of nitrogens with zero attached hydrogens (tertiary/aromatic N) is 1. The van der Waals surface area contributed by atoms with Gasteiger partial charge in [0.05, 0.1) is 19.8 Å². The van der Waals surface area contributed by atoms with Crippen molar-refractivity contribution in [1.29, 1.82) is 0 Å². The first-order valence-electron chi connectivity index (χ1n) is 4.32. The van der Waals surface area contributed by atoms with Crippen LogP contribution in [-0.4, -0.2) is 25.5 Å². The Morgan fingerprint density at radius 3 is 3.33 bits per heavy atom. The molecule has 1 aliphatic heterocycles. The lowest BCUT2D eigenvalue weighted by molar-refractivity contribution is 0.110. The Kier molecular flexibility index (Phi) is 3.80. The lowest BCUT2D eigenvalue weighted by Gasteiger charge is -2.20. The van der Waals surface area contributed by atoms with Gasteiger partial charge >= 0.3 is 0 Å². The van der Waals surface area contributed by atoms with Gasteiger partial charge in [-0.3, -0.25) is 0 Å². The second-order valence-electron chi connectivity index (χ2n) is 2.98. The Hall–Kier alpha value is -0.830. The molecule has 0 amide bonds. The molecule has 1 fully saturated rings. The summed E-state index contributed by atoms with van der Waals surface area (Å²) in [5, 5.41) is 4.27. The van der Waals surface area contributed by atoms with Crippen molar-refractivity contribution in [1.82, 2.24) is 5.43 Å². The van der Waals surface area contributed by atoms with Crippen LogP contribution >= 0.6 is 0 Å². The molecule has 0 bridgehead atoms. The number of hydrogen-bond acceptors (Lipinski definition) is 3. The van der Waals surface area contributed by atoms with Gasteiger partial charge in [-0.05, 0) is 0 Å². The van der Waals surface area contributed by atoms with Gasteiger partial charge in [-0.1, -0.05) is 13.0 Å². The van der Waals surface area contributed by atoms with Gasteiger partial charge in [0.25, 0.3) is 0 Å². The Labute approximate surface area is 73.5 Å². The quantitative estimate of drug-likeness (QED) is 0.390. The van der Waals surface area contributed by atoms with Crippen LogP contribution < -0.4 is 5.43 Å². The molecule has 1 atom stereocenters. The highest BCUT2D eigenvalue weighted by Gasteiger charge is 2.15. The number of hydrogen-bond donors (Lipinski definition) is 1. The van der Waals surface area contributed by atoms with E-state index in [1.165, 1.54) is 5.71 Å². The zero-order valence-corrected chi connectivity index (χ0v) is 7.55. The van der Waals surface area contributed by atoms with E-state index in [1.807, 2.05) is 0 Å². The maximum absolute atomic E-state index is 5.29. The molecule has 12 heavy (non-hydrogen) atoms. The van der Waals surface area contributed by atoms with Crippen molar-refractivity contribution in [3.8, 4) is 0 Å². The van der Waals surface area contributed by atoms with E-state index in [0.717, 1.165) is 26.2 Å². The van der Waals surface area contributed by atoms with Gasteiger partial charge < -0.3 is 10.2 Å². The van der Waals surface area contributed by atoms with Crippen LogP contribution in [-0.2, 0) is 4.74 Å². The van der Waals surface area contributed by atoms with E-state index in [-0.39, 0.29) is 0 Å². The summed E-state index contributed by atoms with van der Waals surface area (Å²) >= 11 is 0. The third kappa shape index (κ3) is 2.66. The molecule has 1 rings (SSSR count). The van der Waals surface area contributed by atoms with Crippen LogP contribution in [0, 0.1) is 5.92 Å². The Morgan fingerprint density at radius 2 is 2.67 bits per heavy atom. The zero-order valence-electron chi connectivity index (χ0n) is 7.55. The van der Waals surface area contributed by atoms with Crippen LogP contribution in [0.3, 0.4) is 0 Å². The molecule has 3 nitrogen and oxygen atoms in total. The third-order valence-electron chi connectivity index (χ3n) is 1.90. The van der Waals surface area contributed by atoms with Crippen molar-refractivity contribution < 1.29 is 4.74 Å². The average Bonchev–Trinajstić information content (AvgIpc) is 2.09. The van der Waals surface area contributed by atoms with Crippen LogP contribution in [0.15, 0.2) is 17.8 Å². The number of hydrazone groups is 1. The lowest BCUT2D eigenvalue weighted by atomic mass is 10.0. The smallest absolute Gasteiger partial charge is 0.0544 e. The minimum Gasteiger partial charge on any atom is -0.380 e. The van der Waals surface area contributed by atoms with E-state index in [0.29, 0.717) is 5.92 Å². The van der Waals surface area contributed by atoms with E-state index in [2.05, 4.69) is 24.0 Å². The highest BCUT2D eigenvalue weighted by Crippen LogP contribution is 2.09. The normalized spacial score (nSPS) is 27.1. The summed E-state index contributed by atoms with van der Waals surface area (Å²) in [6, 6.07) is 0. The fraction of sp³-hybridized carbons (Fsp3) is 0.667. The fourth-order valence-electron chi connectivity index (χ4n) is 1.16. The minimum atomic E-state index is 0.455. The van der Waals surface area contributed by atoms with Crippen molar-refractivity contribution in [3.63, 3.8) is 0 Å². The SMILES string of the molecule is C=CCN/N=C1\CCOCC1C. The first-order valence-corrected chi connectivity index (χ1v) is 4.32. The summed E-state index contributed by atoms with van der Waals surface area (Å²) in [5.41, 5.74) is 4.16. The number of ether oxygens (including phenoxy) is 1. The predicted molar refractivity (Wildman–Crippen MR) is 50.2 cm³/mol. The Balaban J connectivity index is 2.36. The third-order valence-corrected chi connectivity index (χ3v) is 1.90. The Bertz CT molecular complexity index is 177. The zero-order chi connectivity index (χ0) is 8.81. The molecular formula is C9H16N2O. The molecule has 1 saturated heterocycles. The highest BCUT2D eigenvalue weighted by atomic mass is 16.5. The molecule has 0 spiro atoms. The number of nitrogens with one attached hydrogen (secondary N) is 1. The highest BCUT2D eigenvalue weighted by molar-refractivity contribution is 5.87. The lowest BCUT2D eigenvalue weighted by Crippen LogP contribution is -2.27. The number of rotatable bonds is 3. The summed E-state index contributed by atoms with van der Waals surface area (Å²) in [5.74, 6) is 0.455. The molecule has 68 valence electrons. The standard InChI is InChI=1S/C9H16N2O/c1-3-5-10-11-9-4-6-12-7-8(9)2/h3,8,10H,1,4-7H2,2H3/b11-9+. The molecule has 1 aliphatic rings. The topological polar surface area (TPSA) is 33.6 Å². The van der Waals surface area contributed by atoms with Gasteiger partial charge in [0, 0.05) is 18.1 Å². The molecule has 0 aromatic rings. The first-order chi connectivity index (χ1) is 5.84. The molecule has 0 radical (unpaired) electrons. The first kappa shape index (κ1) is 9.26. The van der Waals surface area contributed by atoms with Gasteiger partial charge in [0.1, 0.15) is 0 Å². The molecule has 0 aromatic carbocycles. The van der Waals surface area contributed by atoms with E-state index >= 15 is 0 Å². The fourth-order valence-corrected chi connectivity index (χ4v) is 1.16. The van der Waals surface area contributed by atoms with Gasteiger partial charge in [-0.25, -0.2) is 0 Å². The van der Waals surface area contributed by atoms with Gasteiger partial charge in [-0.2, -0.15) is 5.10 Å². The van der Waals surface area contributed by atoms with Gasteiger partial charge in [-0.15, -0.1) is 6.58 Å². The van der Waals surface area contributed by atoms with Gasteiger partial charge in [0.2, 0.25) is 0 Å². The molecule has 0 saturated carbocycles. The van der Waals surface area contributed by atoms with Crippen molar-refractivity contribution in [2.24, 2.45) is 11.0 Å². The van der Waals surface area contributed by atoms with Crippen molar-refractivity contribution in [2.75, 3.05) is 19.8 Å². The van der Waals surface area contributed by atoms with Crippen molar-refractivity contribution >= 4 is 5.71 Å². The summed E-state index contributed by atoms with van der Waals surface area (Å²) in [7, 11) is 0. The average molecular weight is 168 g/mol. The van der Waals surface area contributed by atoms with Crippen molar-refractivity contribution in [3.05, 3.63) is 12.7 Å². The molecule has 1 N–H and O–H groups in total. The van der Waals surface area contributed by atoms with Crippen LogP contribution in [0.1, 0.15) is 13.3 Å². The van der Waals surface area contributed by atoms with E-state index < -0.39 is 0 Å². The maximum atomic E-state index is 5.29. The van der Waals surface area contributed by atoms with Gasteiger partial charge in [0.15, 0.2) is 0 Å². The maximum Gasteiger partial charge on any atom is 0.0544 e. The minimum absolute atomic E-state index is 0.455. The van der Waals surface area contributed by atoms with Crippen LogP contribution in [0.4, 0.5) is 0 Å². The second kappa shape index (κ2) is 4.93. The molecule has 0 aliphatic carbocycles. The summed E-state index contributed by atoms with van der Waals surface area (Å²) in [4.78, 5) is 0. The van der Waals surface area contributed by atoms with Crippen LogP contribution in [0.5, 0.6) is 0 Å². The largest absolute Gasteiger partial charge is 0.380 e. The van der Waals surface area contributed by atoms with E-state index in [1.54, 1.807) is 6.08 Å². The molecule has 0 aromatic heterocycles. The van der Waals surface area contributed by atoms with E-state index in [4.69, 9.17) is 4.74 Å². The Morgan fingerprint density at radius 1 is 1.83 bits per heavy atom. The van der Waals surface area contributed by atoms with Crippen LogP contribution in [0.2, 0.25) is 0 Å². The van der Waals surface area contributed by atoms with Crippen molar-refractivity contribution in [2.45, 2.75) is 13.3 Å². The summed E-state index contributed by atoms with van der Waals surface area (Å²) in [6.07, 6.45) is 2.75. The predicted octanol–water partition coefficient (Wildman–Crippen LogP) is 1.17. The summed E-state index contributed by atoms with van der Waals surface area (Å²) in [6.45, 7) is 8.08. The molecule has 3 heteroatoms.